The summed E-state index contributed by atoms with van der Waals surface area (Å²) < 4.78 is 1.81. The lowest BCUT2D eigenvalue weighted by Gasteiger charge is -2.41. The van der Waals surface area contributed by atoms with Crippen LogP contribution in [0.2, 0.25) is 0 Å². The first-order chi connectivity index (χ1) is 12.7. The van der Waals surface area contributed by atoms with Crippen molar-refractivity contribution in [2.75, 3.05) is 20.1 Å². The number of fused-ring (bicyclic) bond motifs is 1. The summed E-state index contributed by atoms with van der Waals surface area (Å²) in [5, 5.41) is 8.35. The van der Waals surface area contributed by atoms with Gasteiger partial charge in [0.2, 0.25) is 5.91 Å². The molecule has 1 atom stereocenters. The zero-order valence-electron chi connectivity index (χ0n) is 14.9. The number of amides is 1. The summed E-state index contributed by atoms with van der Waals surface area (Å²) in [6.45, 7) is 2.31. The Bertz CT molecular complexity index is 907. The average Bonchev–Trinajstić information content (AvgIpc) is 3.23. The second-order valence-corrected chi connectivity index (χ2v) is 6.87. The van der Waals surface area contributed by atoms with Gasteiger partial charge in [-0.1, -0.05) is 24.3 Å². The molecule has 134 valence electrons. The molecule has 26 heavy (non-hydrogen) atoms. The second-order valence-electron chi connectivity index (χ2n) is 6.87. The predicted octanol–water partition coefficient (Wildman–Crippen LogP) is 2.17. The molecule has 0 radical (unpaired) electrons. The number of likely N-dealkylation sites (tertiary alicyclic amines) is 1. The summed E-state index contributed by atoms with van der Waals surface area (Å²) in [6.07, 6.45) is 5.35. The van der Waals surface area contributed by atoms with Gasteiger partial charge in [-0.05, 0) is 37.6 Å². The molecule has 0 aliphatic carbocycles. The number of para-hydroxylation sites is 1. The molecule has 1 aliphatic rings. The molecule has 0 bridgehead atoms. The number of benzene rings is 1. The van der Waals surface area contributed by atoms with Gasteiger partial charge in [-0.25, -0.2) is 0 Å². The molecule has 6 nitrogen and oxygen atoms in total. The van der Waals surface area contributed by atoms with Crippen molar-refractivity contribution in [2.45, 2.75) is 24.9 Å². The number of rotatable bonds is 4. The Labute approximate surface area is 152 Å². The van der Waals surface area contributed by atoms with Gasteiger partial charge in [0.05, 0.1) is 11.2 Å². The molecule has 1 aliphatic heterocycles. The topological polar surface area (TPSA) is 63.1 Å². The van der Waals surface area contributed by atoms with Crippen LogP contribution in [0.3, 0.4) is 0 Å². The maximum Gasteiger partial charge on any atom is 0.249 e. The predicted molar refractivity (Wildman–Crippen MR) is 101 cm³/mol. The molecule has 1 fully saturated rings. The smallest absolute Gasteiger partial charge is 0.249 e. The van der Waals surface area contributed by atoms with Crippen LogP contribution in [0.5, 0.6) is 0 Å². The van der Waals surface area contributed by atoms with E-state index >= 15 is 0 Å². The number of carbonyl (C=O) groups excluding carboxylic acids is 1. The van der Waals surface area contributed by atoms with Gasteiger partial charge in [0, 0.05) is 37.9 Å². The molecule has 3 heterocycles. The van der Waals surface area contributed by atoms with Crippen LogP contribution in [0.25, 0.3) is 10.9 Å². The molecule has 1 amide bonds. The van der Waals surface area contributed by atoms with Gasteiger partial charge in [-0.2, -0.15) is 5.10 Å². The van der Waals surface area contributed by atoms with E-state index in [-0.39, 0.29) is 5.91 Å². The van der Waals surface area contributed by atoms with Crippen LogP contribution in [0.15, 0.2) is 54.9 Å². The summed E-state index contributed by atoms with van der Waals surface area (Å²) in [7, 11) is 1.69. The highest BCUT2D eigenvalue weighted by molar-refractivity contribution is 5.84. The second kappa shape index (κ2) is 6.88. The number of pyridine rings is 1. The number of hydrogen-bond donors (Lipinski definition) is 1. The Kier molecular flexibility index (Phi) is 4.42. The van der Waals surface area contributed by atoms with E-state index in [2.05, 4.69) is 33.5 Å². The van der Waals surface area contributed by atoms with E-state index in [4.69, 9.17) is 4.98 Å². The highest BCUT2D eigenvalue weighted by atomic mass is 16.2. The van der Waals surface area contributed by atoms with Crippen molar-refractivity contribution in [3.8, 4) is 0 Å². The molecular formula is C20H23N5O. The van der Waals surface area contributed by atoms with E-state index in [1.807, 2.05) is 35.1 Å². The Hall–Kier alpha value is -2.73. The van der Waals surface area contributed by atoms with Crippen molar-refractivity contribution in [1.29, 1.82) is 0 Å². The highest BCUT2D eigenvalue weighted by Crippen LogP contribution is 2.29. The fraction of sp³-hybridized carbons (Fsp3) is 0.350. The monoisotopic (exact) mass is 349 g/mol. The van der Waals surface area contributed by atoms with E-state index < -0.39 is 5.54 Å². The van der Waals surface area contributed by atoms with Crippen LogP contribution in [0, 0.1) is 0 Å². The lowest BCUT2D eigenvalue weighted by Crippen LogP contribution is -2.57. The van der Waals surface area contributed by atoms with Crippen LogP contribution in [-0.4, -0.2) is 45.7 Å². The number of nitrogens with zero attached hydrogens (tertiary/aromatic N) is 4. The molecule has 1 N–H and O–H groups in total. The third-order valence-electron chi connectivity index (χ3n) is 5.18. The van der Waals surface area contributed by atoms with E-state index in [0.717, 1.165) is 42.5 Å². The summed E-state index contributed by atoms with van der Waals surface area (Å²) in [5.74, 6) is 0.0115. The molecule has 1 aromatic carbocycles. The van der Waals surface area contributed by atoms with E-state index in [1.54, 1.807) is 13.2 Å². The summed E-state index contributed by atoms with van der Waals surface area (Å²) >= 11 is 0. The van der Waals surface area contributed by atoms with Crippen molar-refractivity contribution in [3.63, 3.8) is 0 Å². The third-order valence-corrected chi connectivity index (χ3v) is 5.18. The Morgan fingerprint density at radius 2 is 2.12 bits per heavy atom. The maximum absolute atomic E-state index is 12.7. The minimum absolute atomic E-state index is 0.0115. The number of likely N-dealkylation sites (N-methyl/N-ethyl adjacent to an activating group) is 1. The summed E-state index contributed by atoms with van der Waals surface area (Å²) in [5.41, 5.74) is 1.37. The number of aromatic nitrogens is 3. The van der Waals surface area contributed by atoms with Gasteiger partial charge in [0.25, 0.3) is 0 Å². The standard InChI is InChI=1S/C20H23N5O/c1-21-19(26)20(25-13-5-11-22-25)10-4-12-24(15-20)14-17-9-8-16-6-2-3-7-18(16)23-17/h2-3,5-9,11,13H,4,10,12,14-15H2,1H3,(H,21,26). The van der Waals surface area contributed by atoms with Gasteiger partial charge in [0.1, 0.15) is 0 Å². The average molecular weight is 349 g/mol. The molecule has 6 heteroatoms. The summed E-state index contributed by atoms with van der Waals surface area (Å²) in [6, 6.07) is 14.2. The highest BCUT2D eigenvalue weighted by Gasteiger charge is 2.44. The Balaban J connectivity index is 1.59. The van der Waals surface area contributed by atoms with Crippen LogP contribution in [0.1, 0.15) is 18.5 Å². The Morgan fingerprint density at radius 3 is 2.92 bits per heavy atom. The fourth-order valence-electron chi connectivity index (χ4n) is 3.91. The van der Waals surface area contributed by atoms with E-state index in [0.29, 0.717) is 6.54 Å². The minimum Gasteiger partial charge on any atom is -0.357 e. The molecule has 1 unspecified atom stereocenters. The normalized spacial score (nSPS) is 21.0. The zero-order chi connectivity index (χ0) is 18.0. The minimum atomic E-state index is -0.659. The number of nitrogens with one attached hydrogen (secondary N) is 1. The van der Waals surface area contributed by atoms with Crippen LogP contribution >= 0.6 is 0 Å². The largest absolute Gasteiger partial charge is 0.357 e. The van der Waals surface area contributed by atoms with Crippen molar-refractivity contribution in [1.82, 2.24) is 25.0 Å². The quantitative estimate of drug-likeness (QED) is 0.784. The van der Waals surface area contributed by atoms with Crippen LogP contribution in [0.4, 0.5) is 0 Å². The third kappa shape index (κ3) is 2.97. The van der Waals surface area contributed by atoms with E-state index in [9.17, 15) is 4.79 Å². The number of hydrogen-bond acceptors (Lipinski definition) is 4. The maximum atomic E-state index is 12.7. The molecule has 0 spiro atoms. The van der Waals surface area contributed by atoms with Gasteiger partial charge in [-0.15, -0.1) is 0 Å². The van der Waals surface area contributed by atoms with Crippen molar-refractivity contribution in [2.24, 2.45) is 0 Å². The lowest BCUT2D eigenvalue weighted by atomic mass is 9.88. The number of piperidine rings is 1. The van der Waals surface area contributed by atoms with Crippen LogP contribution in [-0.2, 0) is 16.9 Å². The molecule has 3 aromatic rings. The van der Waals surface area contributed by atoms with Gasteiger partial charge >= 0.3 is 0 Å². The van der Waals surface area contributed by atoms with Gasteiger partial charge < -0.3 is 5.32 Å². The van der Waals surface area contributed by atoms with Crippen molar-refractivity contribution < 1.29 is 4.79 Å². The first kappa shape index (κ1) is 16.7. The van der Waals surface area contributed by atoms with Gasteiger partial charge in [0.15, 0.2) is 5.54 Å². The fourth-order valence-corrected chi connectivity index (χ4v) is 3.91. The first-order valence-corrected chi connectivity index (χ1v) is 9.01. The molecule has 2 aromatic heterocycles. The van der Waals surface area contributed by atoms with Gasteiger partial charge in [-0.3, -0.25) is 19.4 Å². The molecule has 1 saturated heterocycles. The molecular weight excluding hydrogens is 326 g/mol. The summed E-state index contributed by atoms with van der Waals surface area (Å²) in [4.78, 5) is 19.8. The lowest BCUT2D eigenvalue weighted by molar-refractivity contribution is -0.133. The van der Waals surface area contributed by atoms with Crippen molar-refractivity contribution >= 4 is 16.8 Å². The first-order valence-electron chi connectivity index (χ1n) is 9.01. The van der Waals surface area contributed by atoms with Crippen LogP contribution < -0.4 is 5.32 Å². The van der Waals surface area contributed by atoms with E-state index in [1.165, 1.54) is 0 Å². The number of carbonyl (C=O) groups is 1. The molecule has 4 rings (SSSR count). The molecule has 0 saturated carbocycles. The van der Waals surface area contributed by atoms with Crippen molar-refractivity contribution in [3.05, 3.63) is 60.6 Å². The SMILES string of the molecule is CNC(=O)C1(n2cccn2)CCCN(Cc2ccc3ccccc3n2)C1. The Morgan fingerprint density at radius 1 is 1.23 bits per heavy atom. The zero-order valence-corrected chi connectivity index (χ0v) is 14.9.